The number of esters is 1. The highest BCUT2D eigenvalue weighted by Gasteiger charge is 2.55. The molecular formula is C42H51NO16. The lowest BCUT2D eigenvalue weighted by Crippen LogP contribution is -2.62. The molecule has 14 atom stereocenters. The Hall–Kier alpha value is -4.04. The van der Waals surface area contributed by atoms with Crippen molar-refractivity contribution in [2.45, 2.75) is 145 Å². The molecule has 2 aromatic carbocycles. The fourth-order valence-electron chi connectivity index (χ4n) is 9.77. The van der Waals surface area contributed by atoms with Gasteiger partial charge in [-0.05, 0) is 65.0 Å². The first-order valence-corrected chi connectivity index (χ1v) is 20.1. The predicted molar refractivity (Wildman–Crippen MR) is 201 cm³/mol. The first-order chi connectivity index (χ1) is 28.0. The van der Waals surface area contributed by atoms with Gasteiger partial charge in [0.15, 0.2) is 30.4 Å². The lowest BCUT2D eigenvalue weighted by molar-refractivity contribution is -0.371. The van der Waals surface area contributed by atoms with Crippen LogP contribution in [0.3, 0.4) is 0 Å². The van der Waals surface area contributed by atoms with Crippen molar-refractivity contribution in [3.8, 4) is 17.2 Å². The number of ketones is 3. The van der Waals surface area contributed by atoms with Gasteiger partial charge in [0, 0.05) is 42.9 Å². The van der Waals surface area contributed by atoms with Crippen molar-refractivity contribution in [2.24, 2.45) is 0 Å². The quantitative estimate of drug-likeness (QED) is 0.198. The summed E-state index contributed by atoms with van der Waals surface area (Å²) >= 11 is 0. The zero-order chi connectivity index (χ0) is 42.4. The number of carbonyl (C=O) groups is 4. The molecule has 0 saturated carbocycles. The van der Waals surface area contributed by atoms with Gasteiger partial charge < -0.3 is 63.2 Å². The maximum absolute atomic E-state index is 14.0. The van der Waals surface area contributed by atoms with Gasteiger partial charge in [-0.15, -0.1) is 0 Å². The van der Waals surface area contributed by atoms with Crippen LogP contribution in [-0.2, 0) is 47.5 Å². The molecule has 0 bridgehead atoms. The van der Waals surface area contributed by atoms with Crippen LogP contribution in [0.25, 0.3) is 0 Å². The van der Waals surface area contributed by atoms with Gasteiger partial charge in [0.25, 0.3) is 0 Å². The van der Waals surface area contributed by atoms with Crippen LogP contribution in [0.1, 0.15) is 115 Å². The molecule has 0 spiro atoms. The number of aliphatic hydroxyl groups is 1. The molecule has 4 N–H and O–H groups in total. The van der Waals surface area contributed by atoms with Gasteiger partial charge in [0.1, 0.15) is 47.6 Å². The molecule has 0 radical (unpaired) electrons. The van der Waals surface area contributed by atoms with Gasteiger partial charge >= 0.3 is 5.97 Å². The average Bonchev–Trinajstić information content (AvgIpc) is 3.18. The normalized spacial score (nSPS) is 37.8. The van der Waals surface area contributed by atoms with E-state index in [0.29, 0.717) is 6.42 Å². The van der Waals surface area contributed by atoms with Crippen LogP contribution in [0.4, 0.5) is 0 Å². The summed E-state index contributed by atoms with van der Waals surface area (Å²) in [6, 6.07) is 3.08. The Kier molecular flexibility index (Phi) is 10.9. The monoisotopic (exact) mass is 825 g/mol. The minimum Gasteiger partial charge on any atom is -0.507 e. The van der Waals surface area contributed by atoms with E-state index in [-0.39, 0.29) is 54.2 Å². The van der Waals surface area contributed by atoms with Gasteiger partial charge in [-0.25, -0.2) is 0 Å². The summed E-state index contributed by atoms with van der Waals surface area (Å²) in [5, 5.41) is 45.4. The number of methoxy groups -OCH3 is 1. The highest BCUT2D eigenvalue weighted by molar-refractivity contribution is 6.31. The second-order valence-corrected chi connectivity index (χ2v) is 16.7. The first-order valence-electron chi connectivity index (χ1n) is 20.1. The summed E-state index contributed by atoms with van der Waals surface area (Å²) in [7, 11) is 4.92. The molecule has 17 nitrogen and oxygen atoms in total. The van der Waals surface area contributed by atoms with Crippen molar-refractivity contribution in [2.75, 3.05) is 21.2 Å². The van der Waals surface area contributed by atoms with Crippen LogP contribution in [0.5, 0.6) is 17.2 Å². The van der Waals surface area contributed by atoms with Gasteiger partial charge in [0.2, 0.25) is 5.78 Å². The molecule has 0 unspecified atom stereocenters. The molecule has 6 aliphatic rings. The summed E-state index contributed by atoms with van der Waals surface area (Å²) in [4.78, 5) is 55.7. The standard InChI is InChI=1S/C42H51NO16/c1-8-42(51)15-27(30-19(34(42)40(50)52-7)11-20-31(36(30)48)37(49)33-23(45)10-9-22(44)32(33)35(20)47)57-28-12-21(43(5)6)38(17(3)53-28)58-29-14-25-39(18(4)54-29)59-41-26(56-25)13-24(46)16(2)55-41/h9-11,16-18,21,25-29,34,38-39,41,44-45,48,51H,8,12-15H2,1-7H3/t16-,17-,18-,21-,25-,26-,27+,28+,29+,34+,38-,39-,41+,42-/m1/s1. The van der Waals surface area contributed by atoms with Crippen molar-refractivity contribution < 1.29 is 77.5 Å². The lowest BCUT2D eigenvalue weighted by Gasteiger charge is -2.51. The van der Waals surface area contributed by atoms with Gasteiger partial charge in [-0.1, -0.05) is 6.92 Å². The van der Waals surface area contributed by atoms with Gasteiger partial charge in [-0.3, -0.25) is 19.2 Å². The number of ether oxygens (including phenoxy) is 8. The zero-order valence-corrected chi connectivity index (χ0v) is 33.9. The highest BCUT2D eigenvalue weighted by Crippen LogP contribution is 2.54. The third-order valence-electron chi connectivity index (χ3n) is 12.9. The maximum Gasteiger partial charge on any atom is 0.316 e. The van der Waals surface area contributed by atoms with Crippen LogP contribution in [0, 0.1) is 0 Å². The smallest absolute Gasteiger partial charge is 0.316 e. The van der Waals surface area contributed by atoms with Crippen molar-refractivity contribution in [1.29, 1.82) is 0 Å². The third-order valence-corrected chi connectivity index (χ3v) is 12.9. The molecule has 4 saturated heterocycles. The summed E-state index contributed by atoms with van der Waals surface area (Å²) in [5.74, 6) is -5.88. The number of hydrogen-bond donors (Lipinski definition) is 4. The number of carbonyl (C=O) groups excluding carboxylic acids is 4. The van der Waals surface area contributed by atoms with Crippen LogP contribution < -0.4 is 0 Å². The van der Waals surface area contributed by atoms with E-state index in [9.17, 15) is 39.6 Å². The van der Waals surface area contributed by atoms with Crippen molar-refractivity contribution in [3.63, 3.8) is 0 Å². The van der Waals surface area contributed by atoms with Crippen LogP contribution in [0.15, 0.2) is 18.2 Å². The Bertz CT molecular complexity index is 2050. The number of likely N-dealkylation sites (N-methyl/N-ethyl adjacent to an activating group) is 1. The van der Waals surface area contributed by atoms with Crippen molar-refractivity contribution >= 4 is 23.3 Å². The second kappa shape index (κ2) is 15.5. The van der Waals surface area contributed by atoms with Crippen molar-refractivity contribution in [1.82, 2.24) is 4.90 Å². The number of fused-ring (bicyclic) bond motifs is 5. The van der Waals surface area contributed by atoms with E-state index in [2.05, 4.69) is 0 Å². The highest BCUT2D eigenvalue weighted by atomic mass is 16.8. The molecule has 2 aliphatic carbocycles. The largest absolute Gasteiger partial charge is 0.507 e. The van der Waals surface area contributed by atoms with Gasteiger partial charge in [0.05, 0.1) is 53.8 Å². The van der Waals surface area contributed by atoms with E-state index in [1.54, 1.807) is 13.8 Å². The topological polar surface area (TPSA) is 226 Å². The molecular weight excluding hydrogens is 774 g/mol. The number of benzene rings is 2. The molecule has 0 amide bonds. The van der Waals surface area contributed by atoms with E-state index in [1.807, 2.05) is 32.8 Å². The summed E-state index contributed by atoms with van der Waals surface area (Å²) in [6.07, 6.45) is -6.48. The fraction of sp³-hybridized carbons (Fsp3) is 0.619. The SMILES string of the molecule is CC[C@@]1(O)C[C@H](O[C@H]2C[C@@H](N(C)C)[C@H](O[C@H]3C[C@H]4O[C@@H]5CC(=O)[C@@H](C)O[C@H]5O[C@@H]4[C@@H](C)O3)[C@@H](C)O2)c2c(cc3c(c2O)C(=O)c2c(O)ccc(O)c2C3=O)[C@H]1C(=O)OC. The summed E-state index contributed by atoms with van der Waals surface area (Å²) in [5.41, 5.74) is -3.51. The number of phenolic OH excluding ortho intramolecular Hbond substituents is 3. The second-order valence-electron chi connectivity index (χ2n) is 16.7. The Labute approximate surface area is 340 Å². The van der Waals surface area contributed by atoms with Gasteiger partial charge in [-0.2, -0.15) is 0 Å². The average molecular weight is 826 g/mol. The molecule has 0 aromatic heterocycles. The third kappa shape index (κ3) is 6.93. The number of hydrogen-bond acceptors (Lipinski definition) is 17. The molecule has 59 heavy (non-hydrogen) atoms. The summed E-state index contributed by atoms with van der Waals surface area (Å²) < 4.78 is 49.5. The molecule has 4 fully saturated rings. The number of Topliss-reactive ketones (excluding diaryl/α,β-unsaturated/α-hetero) is 1. The predicted octanol–water partition coefficient (Wildman–Crippen LogP) is 2.88. The van der Waals surface area contributed by atoms with Crippen molar-refractivity contribution in [3.05, 3.63) is 51.6 Å². The van der Waals surface area contributed by atoms with E-state index >= 15 is 0 Å². The van der Waals surface area contributed by atoms with E-state index in [1.165, 1.54) is 6.07 Å². The summed E-state index contributed by atoms with van der Waals surface area (Å²) in [6.45, 7) is 7.07. The Morgan fingerprint density at radius 2 is 1.53 bits per heavy atom. The number of phenols is 3. The molecule has 17 heteroatoms. The Morgan fingerprint density at radius 1 is 0.864 bits per heavy atom. The van der Waals surface area contributed by atoms with E-state index in [4.69, 9.17) is 37.9 Å². The molecule has 8 rings (SSSR count). The minimum atomic E-state index is -1.80. The van der Waals surface area contributed by atoms with E-state index in [0.717, 1.165) is 19.2 Å². The van der Waals surface area contributed by atoms with Crippen LogP contribution in [-0.4, -0.2) is 143 Å². The first kappa shape index (κ1) is 41.7. The maximum atomic E-state index is 14.0. The molecule has 2 aromatic rings. The number of nitrogens with zero attached hydrogens (tertiary/aromatic N) is 1. The number of aromatic hydroxyl groups is 3. The van der Waals surface area contributed by atoms with E-state index < -0.39 is 131 Å². The Balaban J connectivity index is 1.07. The minimum absolute atomic E-state index is 0.00735. The lowest BCUT2D eigenvalue weighted by atomic mass is 9.67. The molecule has 320 valence electrons. The van der Waals surface area contributed by atoms with Crippen LogP contribution in [0.2, 0.25) is 0 Å². The fourth-order valence-corrected chi connectivity index (χ4v) is 9.77. The molecule has 4 aliphatic heterocycles. The molecule has 4 heterocycles. The number of rotatable bonds is 7. The zero-order valence-electron chi connectivity index (χ0n) is 33.9. The Morgan fingerprint density at radius 3 is 2.19 bits per heavy atom. The van der Waals surface area contributed by atoms with Crippen LogP contribution >= 0.6 is 0 Å².